The minimum Gasteiger partial charge on any atom is -0.491 e. The van der Waals surface area contributed by atoms with Gasteiger partial charge in [-0.05, 0) is 38.5 Å². The number of benzene rings is 2. The zero-order valence-corrected chi connectivity index (χ0v) is 23.2. The maximum Gasteiger partial charge on any atom is 0.410 e. The number of hydrogen-bond donors (Lipinski definition) is 1. The van der Waals surface area contributed by atoms with Crippen LogP contribution in [0.25, 0.3) is 0 Å². The average Bonchev–Trinajstić information content (AvgIpc) is 3.51. The highest BCUT2D eigenvalue weighted by Crippen LogP contribution is 2.44. The van der Waals surface area contributed by atoms with Gasteiger partial charge in [0, 0.05) is 24.1 Å². The standard InChI is InChI=1S/C29H32FN3O8/c1-29(2,3)41-27(36)31-20-15-39-22-11-6-5-9-17(22)24-23(12-21(26(35)38-4)33(24)25(20)34)40-28(37)32-13-16-8-7-10-19(30)18(16)14-32/h5-11,20-21,23-24H,12-15H2,1-4H3,(H,31,36)/t20-,21-,23+,24-/m0/s1. The number of ether oxygens (including phenoxy) is 4. The number of rotatable bonds is 3. The number of hydrogen-bond acceptors (Lipinski definition) is 8. The summed E-state index contributed by atoms with van der Waals surface area (Å²) in [4.78, 5) is 55.5. The molecule has 1 N–H and O–H groups in total. The van der Waals surface area contributed by atoms with Crippen LogP contribution in [0.5, 0.6) is 5.75 Å². The van der Waals surface area contributed by atoms with Crippen molar-refractivity contribution in [2.24, 2.45) is 0 Å². The molecule has 0 saturated carbocycles. The molecule has 3 aliphatic heterocycles. The topological polar surface area (TPSA) is 124 Å². The van der Waals surface area contributed by atoms with Gasteiger partial charge < -0.3 is 29.2 Å². The first-order valence-electron chi connectivity index (χ1n) is 13.3. The Bertz CT molecular complexity index is 1380. The zero-order valence-electron chi connectivity index (χ0n) is 23.2. The number of carbonyl (C=O) groups excluding carboxylic acids is 4. The van der Waals surface area contributed by atoms with Crippen LogP contribution in [-0.4, -0.2) is 71.4 Å². The molecule has 3 amide bonds. The third-order valence-electron chi connectivity index (χ3n) is 7.24. The molecule has 3 heterocycles. The number of esters is 1. The van der Waals surface area contributed by atoms with Crippen LogP contribution < -0.4 is 10.1 Å². The molecule has 0 aliphatic carbocycles. The Morgan fingerprint density at radius 2 is 1.83 bits per heavy atom. The molecule has 12 heteroatoms. The lowest BCUT2D eigenvalue weighted by Crippen LogP contribution is -2.56. The number of alkyl carbamates (subject to hydrolysis) is 1. The normalized spacial score (nSPS) is 23.3. The maximum atomic E-state index is 14.3. The Morgan fingerprint density at radius 3 is 2.54 bits per heavy atom. The van der Waals surface area contributed by atoms with E-state index in [9.17, 15) is 23.6 Å². The monoisotopic (exact) mass is 569 g/mol. The third-order valence-corrected chi connectivity index (χ3v) is 7.24. The molecule has 0 aromatic heterocycles. The number of methoxy groups -OCH3 is 1. The number of nitrogens with zero attached hydrogens (tertiary/aromatic N) is 2. The largest absolute Gasteiger partial charge is 0.491 e. The average molecular weight is 570 g/mol. The highest BCUT2D eigenvalue weighted by atomic mass is 19.1. The van der Waals surface area contributed by atoms with Gasteiger partial charge in [-0.2, -0.15) is 0 Å². The van der Waals surface area contributed by atoms with Crippen molar-refractivity contribution in [3.8, 4) is 5.75 Å². The number of amides is 3. The smallest absolute Gasteiger partial charge is 0.410 e. The van der Waals surface area contributed by atoms with Crippen molar-refractivity contribution in [3.63, 3.8) is 0 Å². The van der Waals surface area contributed by atoms with E-state index in [0.29, 0.717) is 22.4 Å². The Balaban J connectivity index is 1.46. The van der Waals surface area contributed by atoms with Gasteiger partial charge in [0.2, 0.25) is 5.91 Å². The number of halogens is 1. The summed E-state index contributed by atoms with van der Waals surface area (Å²) < 4.78 is 36.6. The van der Waals surface area contributed by atoms with Crippen LogP contribution >= 0.6 is 0 Å². The van der Waals surface area contributed by atoms with Crippen LogP contribution in [0.2, 0.25) is 0 Å². The van der Waals surface area contributed by atoms with E-state index in [-0.39, 0.29) is 26.1 Å². The molecular weight excluding hydrogens is 537 g/mol. The molecule has 0 bridgehead atoms. The fraction of sp³-hybridized carbons (Fsp3) is 0.448. The van der Waals surface area contributed by atoms with E-state index in [1.54, 1.807) is 57.2 Å². The van der Waals surface area contributed by atoms with Crippen molar-refractivity contribution < 1.29 is 42.5 Å². The molecule has 2 aromatic carbocycles. The van der Waals surface area contributed by atoms with Crippen LogP contribution in [0, 0.1) is 5.82 Å². The molecular formula is C29H32FN3O8. The molecule has 3 aliphatic rings. The van der Waals surface area contributed by atoms with E-state index in [1.807, 2.05) is 0 Å². The SMILES string of the molecule is COC(=O)[C@@H]1C[C@@H](OC(=O)N2Cc3cccc(F)c3C2)[C@@H]2c3ccccc3OC[C@H](NC(=O)OC(C)(C)C)C(=O)N12. The second-order valence-corrected chi connectivity index (χ2v) is 11.2. The summed E-state index contributed by atoms with van der Waals surface area (Å²) in [5, 5.41) is 2.55. The van der Waals surface area contributed by atoms with Gasteiger partial charge in [-0.3, -0.25) is 9.69 Å². The van der Waals surface area contributed by atoms with Crippen LogP contribution in [0.4, 0.5) is 14.0 Å². The molecule has 0 radical (unpaired) electrons. The van der Waals surface area contributed by atoms with E-state index < -0.39 is 59.7 Å². The number of fused-ring (bicyclic) bond motifs is 4. The van der Waals surface area contributed by atoms with Crippen molar-refractivity contribution in [2.75, 3.05) is 13.7 Å². The predicted molar refractivity (Wildman–Crippen MR) is 141 cm³/mol. The van der Waals surface area contributed by atoms with Crippen LogP contribution in [0.15, 0.2) is 42.5 Å². The highest BCUT2D eigenvalue weighted by molar-refractivity contribution is 5.91. The quantitative estimate of drug-likeness (QED) is 0.441. The van der Waals surface area contributed by atoms with Crippen LogP contribution in [-0.2, 0) is 36.9 Å². The van der Waals surface area contributed by atoms with E-state index in [2.05, 4.69) is 5.32 Å². The Kier molecular flexibility index (Phi) is 7.50. The van der Waals surface area contributed by atoms with Crippen LogP contribution in [0.1, 0.15) is 49.9 Å². The minimum absolute atomic E-state index is 0.0306. The summed E-state index contributed by atoms with van der Waals surface area (Å²) in [5.74, 6) is -1.34. The first-order valence-corrected chi connectivity index (χ1v) is 13.3. The lowest BCUT2D eigenvalue weighted by atomic mass is 9.99. The number of para-hydroxylation sites is 1. The number of carbonyl (C=O) groups is 4. The molecule has 4 atom stereocenters. The lowest BCUT2D eigenvalue weighted by Gasteiger charge is -2.36. The molecule has 2 aromatic rings. The lowest BCUT2D eigenvalue weighted by molar-refractivity contribution is -0.153. The van der Waals surface area contributed by atoms with E-state index in [0.717, 1.165) is 0 Å². The zero-order chi connectivity index (χ0) is 29.5. The molecule has 0 unspecified atom stereocenters. The van der Waals surface area contributed by atoms with Gasteiger partial charge in [0.05, 0.1) is 19.7 Å². The summed E-state index contributed by atoms with van der Waals surface area (Å²) in [5.41, 5.74) is 0.806. The van der Waals surface area contributed by atoms with Crippen molar-refractivity contribution in [2.45, 2.75) is 70.1 Å². The Morgan fingerprint density at radius 1 is 1.07 bits per heavy atom. The second-order valence-electron chi connectivity index (χ2n) is 11.2. The van der Waals surface area contributed by atoms with Gasteiger partial charge in [-0.25, -0.2) is 18.8 Å². The van der Waals surface area contributed by atoms with Crippen molar-refractivity contribution >= 4 is 24.1 Å². The molecule has 1 saturated heterocycles. The third kappa shape index (κ3) is 5.63. The molecule has 11 nitrogen and oxygen atoms in total. The van der Waals surface area contributed by atoms with Gasteiger partial charge in [0.1, 0.15) is 42.0 Å². The Labute approximate surface area is 236 Å². The molecule has 218 valence electrons. The highest BCUT2D eigenvalue weighted by Gasteiger charge is 2.53. The summed E-state index contributed by atoms with van der Waals surface area (Å²) in [6, 6.07) is 8.31. The fourth-order valence-corrected chi connectivity index (χ4v) is 5.48. The minimum atomic E-state index is -1.21. The fourth-order valence-electron chi connectivity index (χ4n) is 5.48. The first kappa shape index (κ1) is 28.2. The van der Waals surface area contributed by atoms with Gasteiger partial charge in [-0.15, -0.1) is 0 Å². The molecule has 41 heavy (non-hydrogen) atoms. The van der Waals surface area contributed by atoms with E-state index in [1.165, 1.54) is 23.0 Å². The predicted octanol–water partition coefficient (Wildman–Crippen LogP) is 3.45. The summed E-state index contributed by atoms with van der Waals surface area (Å²) in [6.45, 7) is 5.03. The van der Waals surface area contributed by atoms with Crippen LogP contribution in [0.3, 0.4) is 0 Å². The number of nitrogens with one attached hydrogen (secondary N) is 1. The summed E-state index contributed by atoms with van der Waals surface area (Å²) >= 11 is 0. The van der Waals surface area contributed by atoms with Gasteiger partial charge in [0.25, 0.3) is 0 Å². The van der Waals surface area contributed by atoms with Crippen molar-refractivity contribution in [1.29, 1.82) is 0 Å². The van der Waals surface area contributed by atoms with Crippen molar-refractivity contribution in [3.05, 3.63) is 65.0 Å². The van der Waals surface area contributed by atoms with Crippen molar-refractivity contribution in [1.82, 2.24) is 15.1 Å². The first-order chi connectivity index (χ1) is 19.5. The summed E-state index contributed by atoms with van der Waals surface area (Å²) in [6.07, 6.45) is -2.58. The summed E-state index contributed by atoms with van der Waals surface area (Å²) in [7, 11) is 1.20. The van der Waals surface area contributed by atoms with Gasteiger partial charge in [-0.1, -0.05) is 30.3 Å². The van der Waals surface area contributed by atoms with E-state index in [4.69, 9.17) is 18.9 Å². The molecule has 0 spiro atoms. The maximum absolute atomic E-state index is 14.3. The molecule has 1 fully saturated rings. The van der Waals surface area contributed by atoms with E-state index >= 15 is 0 Å². The van der Waals surface area contributed by atoms with Gasteiger partial charge in [0.15, 0.2) is 0 Å². The molecule has 5 rings (SSSR count). The van der Waals surface area contributed by atoms with Gasteiger partial charge >= 0.3 is 18.2 Å². The second kappa shape index (κ2) is 10.9. The Hall–Kier alpha value is -4.35.